The van der Waals surface area contributed by atoms with Gasteiger partial charge >= 0.3 is 0 Å². The van der Waals surface area contributed by atoms with E-state index in [9.17, 15) is 4.79 Å². The van der Waals surface area contributed by atoms with Crippen molar-refractivity contribution in [3.8, 4) is 0 Å². The van der Waals surface area contributed by atoms with Crippen molar-refractivity contribution in [1.29, 1.82) is 0 Å². The number of hydrogen-bond acceptors (Lipinski definition) is 3. The fourth-order valence-corrected chi connectivity index (χ4v) is 3.11. The summed E-state index contributed by atoms with van der Waals surface area (Å²) in [6.45, 7) is 1.34. The minimum Gasteiger partial charge on any atom is -0.354 e. The van der Waals surface area contributed by atoms with Gasteiger partial charge in [0.15, 0.2) is 0 Å². The van der Waals surface area contributed by atoms with Crippen LogP contribution in [0.25, 0.3) is 0 Å². The molecule has 0 aliphatic heterocycles. The van der Waals surface area contributed by atoms with Gasteiger partial charge < -0.3 is 14.5 Å². The molecule has 0 aliphatic rings. The van der Waals surface area contributed by atoms with Gasteiger partial charge in [0.2, 0.25) is 5.91 Å². The quantitative estimate of drug-likeness (QED) is 0.728. The lowest BCUT2D eigenvalue weighted by atomic mass is 10.1. The highest BCUT2D eigenvalue weighted by atomic mass is 32.1. The molecule has 0 aromatic carbocycles. The number of carbonyl (C=O) groups excluding carboxylic acids is 1. The monoisotopic (exact) mass is 314 g/mol. The van der Waals surface area contributed by atoms with E-state index in [1.54, 1.807) is 23.9 Å². The van der Waals surface area contributed by atoms with Gasteiger partial charge in [0.25, 0.3) is 0 Å². The molecule has 3 aromatic rings. The van der Waals surface area contributed by atoms with Gasteiger partial charge in [-0.2, -0.15) is 11.3 Å². The molecule has 1 N–H and O–H groups in total. The Kier molecular flexibility index (Phi) is 4.70. The predicted octanol–water partition coefficient (Wildman–Crippen LogP) is 2.54. The van der Waals surface area contributed by atoms with E-state index >= 15 is 0 Å². The molecule has 0 fully saturated rings. The van der Waals surface area contributed by atoms with Gasteiger partial charge in [-0.15, -0.1) is 0 Å². The molecule has 3 heterocycles. The second-order valence-corrected chi connectivity index (χ2v) is 5.84. The van der Waals surface area contributed by atoms with Crippen LogP contribution in [0.2, 0.25) is 0 Å². The number of nitrogens with zero attached hydrogens (tertiary/aromatic N) is 3. The maximum absolute atomic E-state index is 12.2. The smallest absolute Gasteiger partial charge is 0.222 e. The van der Waals surface area contributed by atoms with Crippen LogP contribution in [0.4, 0.5) is 0 Å². The summed E-state index contributed by atoms with van der Waals surface area (Å²) in [5.74, 6) is 0.0602. The molecule has 0 bridgehead atoms. The first-order valence-electron chi connectivity index (χ1n) is 7.20. The van der Waals surface area contributed by atoms with Crippen LogP contribution in [0.15, 0.2) is 60.1 Å². The molecule has 0 spiro atoms. The highest BCUT2D eigenvalue weighted by Gasteiger charge is 2.17. The fourth-order valence-electron chi connectivity index (χ4n) is 2.41. The summed E-state index contributed by atoms with van der Waals surface area (Å²) >= 11 is 1.65. The Morgan fingerprint density at radius 3 is 2.86 bits per heavy atom. The van der Waals surface area contributed by atoms with Gasteiger partial charge in [-0.1, -0.05) is 0 Å². The van der Waals surface area contributed by atoms with Crippen LogP contribution in [-0.4, -0.2) is 26.6 Å². The standard InChI is InChI=1S/C16H18N4OS/c21-16(18-5-9-19-8-4-17-13-19)11-15(14-3-10-22-12-14)20-6-1-2-7-20/h1-4,6-8,10,12-13,15H,5,9,11H2,(H,18,21)/t15-/m1/s1. The third-order valence-corrected chi connectivity index (χ3v) is 4.25. The fraction of sp³-hybridized carbons (Fsp3) is 0.250. The third-order valence-electron chi connectivity index (χ3n) is 3.55. The minimum absolute atomic E-state index is 0.0505. The number of imidazole rings is 1. The Morgan fingerprint density at radius 2 is 2.18 bits per heavy atom. The van der Waals surface area contributed by atoms with E-state index in [1.807, 2.05) is 40.7 Å². The van der Waals surface area contributed by atoms with Crippen molar-refractivity contribution in [2.45, 2.75) is 19.0 Å². The summed E-state index contributed by atoms with van der Waals surface area (Å²) in [4.78, 5) is 16.2. The molecule has 22 heavy (non-hydrogen) atoms. The van der Waals surface area contributed by atoms with Crippen LogP contribution in [0.5, 0.6) is 0 Å². The molecular weight excluding hydrogens is 296 g/mol. The first-order valence-corrected chi connectivity index (χ1v) is 8.14. The maximum Gasteiger partial charge on any atom is 0.222 e. The molecule has 0 saturated carbocycles. The topological polar surface area (TPSA) is 51.9 Å². The van der Waals surface area contributed by atoms with E-state index in [2.05, 4.69) is 26.3 Å². The van der Waals surface area contributed by atoms with Crippen LogP contribution in [0, 0.1) is 0 Å². The molecule has 3 rings (SSSR count). The molecular formula is C16H18N4OS. The summed E-state index contributed by atoms with van der Waals surface area (Å²) in [6, 6.07) is 6.09. The summed E-state index contributed by atoms with van der Waals surface area (Å²) < 4.78 is 4.03. The van der Waals surface area contributed by atoms with Gasteiger partial charge in [-0.25, -0.2) is 4.98 Å². The maximum atomic E-state index is 12.2. The van der Waals surface area contributed by atoms with E-state index in [4.69, 9.17) is 0 Å². The summed E-state index contributed by atoms with van der Waals surface area (Å²) in [5, 5.41) is 7.12. The lowest BCUT2D eigenvalue weighted by Gasteiger charge is -2.18. The van der Waals surface area contributed by atoms with Gasteiger partial charge in [0.05, 0.1) is 18.8 Å². The van der Waals surface area contributed by atoms with Gasteiger partial charge in [0.1, 0.15) is 0 Å². The van der Waals surface area contributed by atoms with E-state index in [0.29, 0.717) is 13.0 Å². The number of thiophene rings is 1. The number of amides is 1. The van der Waals surface area contributed by atoms with E-state index in [0.717, 1.165) is 6.54 Å². The van der Waals surface area contributed by atoms with Crippen LogP contribution in [-0.2, 0) is 11.3 Å². The number of carbonyl (C=O) groups is 1. The highest BCUT2D eigenvalue weighted by Crippen LogP contribution is 2.24. The molecule has 1 atom stereocenters. The molecule has 3 aromatic heterocycles. The molecule has 0 radical (unpaired) electrons. The number of rotatable bonds is 7. The minimum atomic E-state index is 0.0505. The summed E-state index contributed by atoms with van der Waals surface area (Å²) in [6.07, 6.45) is 9.82. The van der Waals surface area contributed by atoms with Crippen molar-refractivity contribution >= 4 is 17.2 Å². The van der Waals surface area contributed by atoms with Crippen LogP contribution >= 0.6 is 11.3 Å². The molecule has 0 saturated heterocycles. The van der Waals surface area contributed by atoms with Crippen molar-refractivity contribution in [2.24, 2.45) is 0 Å². The van der Waals surface area contributed by atoms with Gasteiger partial charge in [-0.05, 0) is 34.5 Å². The van der Waals surface area contributed by atoms with Crippen LogP contribution in [0.3, 0.4) is 0 Å². The first kappa shape index (κ1) is 14.6. The average Bonchev–Trinajstić information content (AvgIpc) is 3.26. The summed E-state index contributed by atoms with van der Waals surface area (Å²) in [5.41, 5.74) is 1.17. The number of nitrogens with one attached hydrogen (secondary N) is 1. The number of aromatic nitrogens is 3. The second kappa shape index (κ2) is 7.09. The SMILES string of the molecule is O=C(C[C@H](c1ccsc1)n1cccc1)NCCn1ccnc1. The largest absolute Gasteiger partial charge is 0.354 e. The second-order valence-electron chi connectivity index (χ2n) is 5.06. The lowest BCUT2D eigenvalue weighted by molar-refractivity contribution is -0.121. The lowest BCUT2D eigenvalue weighted by Crippen LogP contribution is -2.29. The van der Waals surface area contributed by atoms with Gasteiger partial charge in [0, 0.05) is 37.9 Å². The zero-order chi connectivity index (χ0) is 15.2. The molecule has 0 aliphatic carbocycles. The Bertz CT molecular complexity index is 640. The van der Waals surface area contributed by atoms with E-state index in [-0.39, 0.29) is 11.9 Å². The normalized spacial score (nSPS) is 12.2. The first-order chi connectivity index (χ1) is 10.8. The number of hydrogen-bond donors (Lipinski definition) is 1. The summed E-state index contributed by atoms with van der Waals surface area (Å²) in [7, 11) is 0. The highest BCUT2D eigenvalue weighted by molar-refractivity contribution is 7.07. The van der Waals surface area contributed by atoms with Crippen LogP contribution in [0.1, 0.15) is 18.0 Å². The Balaban J connectivity index is 1.57. The van der Waals surface area contributed by atoms with Crippen molar-refractivity contribution in [3.63, 3.8) is 0 Å². The van der Waals surface area contributed by atoms with Crippen molar-refractivity contribution in [2.75, 3.05) is 6.54 Å². The van der Waals surface area contributed by atoms with E-state index < -0.39 is 0 Å². The molecule has 6 heteroatoms. The zero-order valence-electron chi connectivity index (χ0n) is 12.1. The molecule has 1 amide bonds. The molecule has 114 valence electrons. The van der Waals surface area contributed by atoms with Crippen molar-refractivity contribution < 1.29 is 4.79 Å². The Hall–Kier alpha value is -2.34. The third kappa shape index (κ3) is 3.65. The van der Waals surface area contributed by atoms with Crippen molar-refractivity contribution in [3.05, 3.63) is 65.6 Å². The molecule has 5 nitrogen and oxygen atoms in total. The Morgan fingerprint density at radius 1 is 1.32 bits per heavy atom. The Labute approximate surface area is 133 Å². The zero-order valence-corrected chi connectivity index (χ0v) is 12.9. The predicted molar refractivity (Wildman–Crippen MR) is 86.7 cm³/mol. The van der Waals surface area contributed by atoms with Crippen LogP contribution < -0.4 is 5.32 Å². The van der Waals surface area contributed by atoms with Crippen molar-refractivity contribution in [1.82, 2.24) is 19.4 Å². The van der Waals surface area contributed by atoms with E-state index in [1.165, 1.54) is 5.56 Å². The molecule has 0 unspecified atom stereocenters. The van der Waals surface area contributed by atoms with Gasteiger partial charge in [-0.3, -0.25) is 4.79 Å². The average molecular weight is 314 g/mol.